The first kappa shape index (κ1) is 28.9. The zero-order chi connectivity index (χ0) is 30.6. The molecule has 0 bridgehead atoms. The lowest BCUT2D eigenvalue weighted by molar-refractivity contribution is -0.119. The van der Waals surface area contributed by atoms with E-state index in [2.05, 4.69) is 21.3 Å². The maximum absolute atomic E-state index is 14.2. The number of nitrogens with one attached hydrogen (secondary N) is 1. The molecule has 5 aromatic rings. The van der Waals surface area contributed by atoms with Crippen molar-refractivity contribution in [3.05, 3.63) is 103 Å². The lowest BCUT2D eigenvalue weighted by atomic mass is 10.1. The quantitative estimate of drug-likeness (QED) is 0.266. The number of amides is 2. The number of anilines is 1. The molecule has 2 amide bonds. The van der Waals surface area contributed by atoms with Gasteiger partial charge in [0, 0.05) is 56.3 Å². The Morgan fingerprint density at radius 1 is 0.977 bits per heavy atom. The Hall–Kier alpha value is -5.18. The van der Waals surface area contributed by atoms with E-state index in [1.807, 2.05) is 102 Å². The van der Waals surface area contributed by atoms with E-state index in [1.165, 1.54) is 6.92 Å². The Bertz CT molecular complexity index is 1800. The van der Waals surface area contributed by atoms with E-state index in [4.69, 9.17) is 9.72 Å². The topological polar surface area (TPSA) is 92.6 Å². The number of nitrogens with zero attached hydrogens (tertiary/aromatic N) is 5. The zero-order valence-corrected chi connectivity index (χ0v) is 25.2. The van der Waals surface area contributed by atoms with Crippen LogP contribution in [0.15, 0.2) is 91.3 Å². The number of hydrogen-bond acceptors (Lipinski definition) is 6. The molecule has 0 saturated carbocycles. The molecule has 0 aliphatic carbocycles. The summed E-state index contributed by atoms with van der Waals surface area (Å²) < 4.78 is 7.70. The van der Waals surface area contributed by atoms with Gasteiger partial charge in [-0.1, -0.05) is 54.1 Å². The third kappa shape index (κ3) is 6.13. The maximum Gasteiger partial charge on any atom is 0.274 e. The number of carbonyl (C=O) groups is 2. The zero-order valence-electron chi connectivity index (χ0n) is 25.2. The van der Waals surface area contributed by atoms with Crippen LogP contribution in [-0.2, 0) is 4.79 Å². The van der Waals surface area contributed by atoms with Crippen molar-refractivity contribution in [2.45, 2.75) is 26.8 Å². The average molecular weight is 589 g/mol. The third-order valence-electron chi connectivity index (χ3n) is 7.91. The van der Waals surface area contributed by atoms with Crippen molar-refractivity contribution in [1.29, 1.82) is 0 Å². The predicted molar refractivity (Wildman–Crippen MR) is 172 cm³/mol. The van der Waals surface area contributed by atoms with Gasteiger partial charge in [0.1, 0.15) is 17.3 Å². The van der Waals surface area contributed by atoms with E-state index in [9.17, 15) is 9.59 Å². The molecule has 9 nitrogen and oxygen atoms in total. The first-order valence-corrected chi connectivity index (χ1v) is 14.9. The summed E-state index contributed by atoms with van der Waals surface area (Å²) in [6.07, 6.45) is 3.68. The molecule has 1 saturated heterocycles. The van der Waals surface area contributed by atoms with Crippen LogP contribution in [0.3, 0.4) is 0 Å². The SMILES string of the molecule is CCOc1cccc(-n2cc(C(=O)N3CCN(c4cnc5ccccc5c4)C[C@H]3CNC(C)=O)nc2-c2ccc(C)cc2)c1. The normalized spacial score (nSPS) is 14.9. The molecule has 2 aromatic heterocycles. The minimum atomic E-state index is -0.263. The summed E-state index contributed by atoms with van der Waals surface area (Å²) in [6, 6.07) is 25.8. The van der Waals surface area contributed by atoms with E-state index in [0.29, 0.717) is 44.3 Å². The van der Waals surface area contributed by atoms with Gasteiger partial charge in [0.25, 0.3) is 5.91 Å². The van der Waals surface area contributed by atoms with Gasteiger partial charge in [-0.3, -0.25) is 19.1 Å². The maximum atomic E-state index is 14.2. The van der Waals surface area contributed by atoms with Gasteiger partial charge in [-0.15, -0.1) is 0 Å². The van der Waals surface area contributed by atoms with E-state index >= 15 is 0 Å². The molecule has 6 rings (SSSR count). The molecule has 1 aliphatic heterocycles. The summed E-state index contributed by atoms with van der Waals surface area (Å²) in [4.78, 5) is 39.7. The minimum Gasteiger partial charge on any atom is -0.494 e. The lowest BCUT2D eigenvalue weighted by Gasteiger charge is -2.42. The number of ether oxygens (including phenoxy) is 1. The molecule has 1 N–H and O–H groups in total. The Morgan fingerprint density at radius 3 is 2.59 bits per heavy atom. The second-order valence-electron chi connectivity index (χ2n) is 11.0. The molecule has 1 aliphatic rings. The standard InChI is InChI=1S/C35H36N6O3/c1-4-44-31-10-7-9-28(19-31)41-23-33(38-34(41)26-14-12-24(2)13-15-26)35(43)40-17-16-39(22-30(40)21-36-25(3)42)29-18-27-8-5-6-11-32(27)37-20-29/h5-15,18-20,23,30H,4,16-17,21-22H2,1-3H3,(H,36,42)/t30-/m1/s1. The number of hydrogen-bond donors (Lipinski definition) is 1. The molecule has 3 heterocycles. The monoisotopic (exact) mass is 588 g/mol. The Balaban J connectivity index is 1.33. The van der Waals surface area contributed by atoms with E-state index < -0.39 is 0 Å². The summed E-state index contributed by atoms with van der Waals surface area (Å²) in [7, 11) is 0. The van der Waals surface area contributed by atoms with Crippen molar-refractivity contribution in [3.8, 4) is 22.8 Å². The fourth-order valence-corrected chi connectivity index (χ4v) is 5.65. The molecule has 44 heavy (non-hydrogen) atoms. The van der Waals surface area contributed by atoms with Gasteiger partial charge >= 0.3 is 0 Å². The molecule has 3 aromatic carbocycles. The fraction of sp³-hybridized carbons (Fsp3) is 0.257. The number of para-hydroxylation sites is 1. The van der Waals surface area contributed by atoms with E-state index in [0.717, 1.165) is 39.2 Å². The van der Waals surface area contributed by atoms with Gasteiger partial charge in [-0.2, -0.15) is 0 Å². The largest absolute Gasteiger partial charge is 0.494 e. The number of carbonyl (C=O) groups excluding carboxylic acids is 2. The number of pyridine rings is 1. The van der Waals surface area contributed by atoms with E-state index in [1.54, 1.807) is 6.20 Å². The summed E-state index contributed by atoms with van der Waals surface area (Å²) in [6.45, 7) is 8.03. The number of piperazine rings is 1. The van der Waals surface area contributed by atoms with Crippen molar-refractivity contribution in [3.63, 3.8) is 0 Å². The highest BCUT2D eigenvalue weighted by atomic mass is 16.5. The van der Waals surface area contributed by atoms with Gasteiger partial charge in [-0.25, -0.2) is 4.98 Å². The van der Waals surface area contributed by atoms with Crippen molar-refractivity contribution >= 4 is 28.4 Å². The third-order valence-corrected chi connectivity index (χ3v) is 7.91. The molecule has 224 valence electrons. The van der Waals surface area contributed by atoms with Crippen LogP contribution in [0.4, 0.5) is 5.69 Å². The van der Waals surface area contributed by atoms with Gasteiger partial charge < -0.3 is 19.9 Å². The number of imidazole rings is 1. The van der Waals surface area contributed by atoms with Crippen LogP contribution >= 0.6 is 0 Å². The van der Waals surface area contributed by atoms with Crippen molar-refractivity contribution in [2.75, 3.05) is 37.7 Å². The highest BCUT2D eigenvalue weighted by molar-refractivity contribution is 5.93. The first-order chi connectivity index (χ1) is 21.4. The molecule has 1 atom stereocenters. The summed E-state index contributed by atoms with van der Waals surface area (Å²) in [5.74, 6) is 1.10. The van der Waals surface area contributed by atoms with Crippen LogP contribution in [0.2, 0.25) is 0 Å². The van der Waals surface area contributed by atoms with Gasteiger partial charge in [0.2, 0.25) is 5.91 Å². The van der Waals surface area contributed by atoms with E-state index in [-0.39, 0.29) is 17.9 Å². The molecular weight excluding hydrogens is 552 g/mol. The molecule has 0 spiro atoms. The summed E-state index contributed by atoms with van der Waals surface area (Å²) >= 11 is 0. The Kier molecular flexibility index (Phi) is 8.27. The smallest absolute Gasteiger partial charge is 0.274 e. The van der Waals surface area contributed by atoms with Gasteiger partial charge in [-0.05, 0) is 38.1 Å². The van der Waals surface area contributed by atoms with Crippen LogP contribution in [0.5, 0.6) is 5.75 Å². The van der Waals surface area contributed by atoms with Crippen molar-refractivity contribution in [1.82, 2.24) is 24.8 Å². The Morgan fingerprint density at radius 2 is 1.80 bits per heavy atom. The number of aromatic nitrogens is 3. The number of fused-ring (bicyclic) bond motifs is 1. The molecule has 9 heteroatoms. The number of benzene rings is 3. The summed E-state index contributed by atoms with van der Waals surface area (Å²) in [5.41, 5.74) is 5.16. The fourth-order valence-electron chi connectivity index (χ4n) is 5.65. The van der Waals surface area contributed by atoms with Crippen LogP contribution < -0.4 is 15.0 Å². The average Bonchev–Trinajstić information content (AvgIpc) is 3.49. The molecule has 0 radical (unpaired) electrons. The molecule has 1 fully saturated rings. The number of aryl methyl sites for hydroxylation is 1. The van der Waals surface area contributed by atoms with Crippen LogP contribution in [-0.4, -0.2) is 70.1 Å². The van der Waals surface area contributed by atoms with Crippen LogP contribution in [0.1, 0.15) is 29.9 Å². The second kappa shape index (κ2) is 12.6. The Labute approximate surface area is 257 Å². The van der Waals surface area contributed by atoms with Crippen LogP contribution in [0, 0.1) is 6.92 Å². The second-order valence-corrected chi connectivity index (χ2v) is 11.0. The van der Waals surface area contributed by atoms with Gasteiger partial charge in [0.05, 0.1) is 35.7 Å². The molecule has 0 unspecified atom stereocenters. The number of rotatable bonds is 8. The van der Waals surface area contributed by atoms with Crippen molar-refractivity contribution in [2.24, 2.45) is 0 Å². The first-order valence-electron chi connectivity index (χ1n) is 14.9. The van der Waals surface area contributed by atoms with Crippen molar-refractivity contribution < 1.29 is 14.3 Å². The predicted octanol–water partition coefficient (Wildman–Crippen LogP) is 5.26. The lowest BCUT2D eigenvalue weighted by Crippen LogP contribution is -2.58. The minimum absolute atomic E-state index is 0.137. The summed E-state index contributed by atoms with van der Waals surface area (Å²) in [5, 5.41) is 3.99. The highest BCUT2D eigenvalue weighted by Gasteiger charge is 2.33. The molecular formula is C35H36N6O3. The van der Waals surface area contributed by atoms with Gasteiger partial charge in [0.15, 0.2) is 0 Å². The highest BCUT2D eigenvalue weighted by Crippen LogP contribution is 2.28. The van der Waals surface area contributed by atoms with Crippen LogP contribution in [0.25, 0.3) is 28.0 Å².